The number of aromatic amines is 1. The average Bonchev–Trinajstić information content (AvgIpc) is 3.27. The van der Waals surface area contributed by atoms with E-state index in [0.717, 1.165) is 10.9 Å². The number of aromatic nitrogens is 4. The van der Waals surface area contributed by atoms with Gasteiger partial charge in [0.25, 0.3) is 5.56 Å². The van der Waals surface area contributed by atoms with Gasteiger partial charge in [0.15, 0.2) is 11.2 Å². The molecule has 10 N–H and O–H groups in total. The van der Waals surface area contributed by atoms with Crippen LogP contribution in [-0.4, -0.2) is 117 Å². The third kappa shape index (κ3) is 3.05. The molecule has 15 nitrogen and oxygen atoms in total. The van der Waals surface area contributed by atoms with Crippen molar-refractivity contribution in [3.63, 3.8) is 0 Å². The van der Waals surface area contributed by atoms with E-state index in [1.165, 1.54) is 0 Å². The van der Waals surface area contributed by atoms with E-state index >= 15 is 0 Å². The molecule has 0 amide bonds. The normalized spacial score (nSPS) is 41.1. The number of hydrogen-bond donors (Lipinski definition) is 9. The Morgan fingerprint density at radius 3 is 2.35 bits per heavy atom. The highest BCUT2D eigenvalue weighted by molar-refractivity contribution is 5.71. The topological polar surface area (TPSA) is 250 Å². The summed E-state index contributed by atoms with van der Waals surface area (Å²) in [4.78, 5) is 22.3. The molecule has 2 fully saturated rings. The minimum absolute atomic E-state index is 0.219. The van der Waals surface area contributed by atoms with Crippen LogP contribution in [0.1, 0.15) is 0 Å². The Balaban J connectivity index is 1.96. The van der Waals surface area contributed by atoms with E-state index < -0.39 is 73.3 Å². The van der Waals surface area contributed by atoms with E-state index in [1.807, 2.05) is 0 Å². The number of aliphatic hydroxyl groups is 7. The zero-order valence-corrected chi connectivity index (χ0v) is 15.9. The lowest BCUT2D eigenvalue weighted by atomic mass is 9.86. The summed E-state index contributed by atoms with van der Waals surface area (Å²) < 4.78 is 12.3. The van der Waals surface area contributed by atoms with E-state index in [9.17, 15) is 40.5 Å². The molecule has 15 heteroatoms. The molecule has 0 aromatic carbocycles. The number of nitrogens with two attached hydrogens (primary N) is 1. The second kappa shape index (κ2) is 7.73. The lowest BCUT2D eigenvalue weighted by molar-refractivity contribution is -0.309. The van der Waals surface area contributed by atoms with E-state index in [4.69, 9.17) is 15.2 Å². The predicted octanol–water partition coefficient (Wildman–Crippen LogP) is -5.69. The standard InChI is InChI=1S/C16H23N5O10/c17-15-19-13-6(14(29)20-15)18-3-21(13)16(11(28)8(25)5(2-23)31-16)12-10(27)9(26)7(24)4(1-22)30-12/h3-5,7-12,22-28H,1-2H2,(H3,17,19,20,29)/t4-,5-,7-,8-,9+,10+,11-,12-,16+/m1/s1. The molecule has 9 atom stereocenters. The number of H-pyrrole nitrogens is 1. The van der Waals surface area contributed by atoms with E-state index in [1.54, 1.807) is 0 Å². The van der Waals surface area contributed by atoms with Gasteiger partial charge in [0.2, 0.25) is 11.7 Å². The molecule has 4 heterocycles. The molecule has 172 valence electrons. The molecule has 2 aromatic heterocycles. The smallest absolute Gasteiger partial charge is 0.280 e. The van der Waals surface area contributed by atoms with Crippen LogP contribution >= 0.6 is 0 Å². The SMILES string of the molecule is Nc1nc2c(ncn2[C@]2([C@@H]3O[C@H](CO)[C@@H](O)[C@H](O)[C@@H]3O)O[C@H](CO)[C@@H](O)[C@H]2O)c(=O)[nH]1. The van der Waals surface area contributed by atoms with Crippen LogP contribution in [0.25, 0.3) is 11.2 Å². The van der Waals surface area contributed by atoms with E-state index in [2.05, 4.69) is 15.0 Å². The van der Waals surface area contributed by atoms with Crippen LogP contribution in [0.15, 0.2) is 11.1 Å². The number of nitrogen functional groups attached to an aromatic ring is 1. The Labute approximate surface area is 172 Å². The van der Waals surface area contributed by atoms with Gasteiger partial charge in [0.1, 0.15) is 48.8 Å². The molecule has 0 spiro atoms. The van der Waals surface area contributed by atoms with Crippen molar-refractivity contribution in [2.45, 2.75) is 54.6 Å². The van der Waals surface area contributed by atoms with Crippen molar-refractivity contribution >= 4 is 17.1 Å². The fraction of sp³-hybridized carbons (Fsp3) is 0.688. The van der Waals surface area contributed by atoms with Crippen LogP contribution in [0.4, 0.5) is 5.95 Å². The van der Waals surface area contributed by atoms with Crippen molar-refractivity contribution in [3.05, 3.63) is 16.7 Å². The Kier molecular flexibility index (Phi) is 5.49. The van der Waals surface area contributed by atoms with Crippen molar-refractivity contribution in [1.82, 2.24) is 19.5 Å². The summed E-state index contributed by atoms with van der Waals surface area (Å²) in [5, 5.41) is 71.6. The summed E-state index contributed by atoms with van der Waals surface area (Å²) in [7, 11) is 0. The van der Waals surface area contributed by atoms with Gasteiger partial charge in [-0.15, -0.1) is 0 Å². The summed E-state index contributed by atoms with van der Waals surface area (Å²) in [6.07, 6.45) is -12.5. The van der Waals surface area contributed by atoms with Crippen molar-refractivity contribution in [1.29, 1.82) is 0 Å². The molecular formula is C16H23N5O10. The first kappa shape index (κ1) is 22.0. The third-order valence-corrected chi connectivity index (χ3v) is 5.75. The second-order valence-electron chi connectivity index (χ2n) is 7.51. The highest BCUT2D eigenvalue weighted by Crippen LogP contribution is 2.44. The number of nitrogens with one attached hydrogen (secondary N) is 1. The minimum Gasteiger partial charge on any atom is -0.394 e. The summed E-state index contributed by atoms with van der Waals surface area (Å²) >= 11 is 0. The Morgan fingerprint density at radius 2 is 1.74 bits per heavy atom. The number of rotatable bonds is 4. The number of imidazole rings is 1. The first-order chi connectivity index (χ1) is 14.7. The highest BCUT2D eigenvalue weighted by Gasteiger charge is 2.65. The number of fused-ring (bicyclic) bond motifs is 1. The number of anilines is 1. The van der Waals surface area contributed by atoms with Gasteiger partial charge >= 0.3 is 0 Å². The fourth-order valence-electron chi connectivity index (χ4n) is 4.17. The summed E-state index contributed by atoms with van der Waals surface area (Å²) in [6.45, 7) is -1.52. The van der Waals surface area contributed by atoms with Gasteiger partial charge in [-0.3, -0.25) is 14.3 Å². The molecule has 0 bridgehead atoms. The van der Waals surface area contributed by atoms with Crippen LogP contribution in [0, 0.1) is 0 Å². The molecule has 2 aromatic rings. The highest BCUT2D eigenvalue weighted by atomic mass is 16.6. The van der Waals surface area contributed by atoms with Gasteiger partial charge in [-0.2, -0.15) is 4.98 Å². The first-order valence-electron chi connectivity index (χ1n) is 9.36. The number of nitrogens with zero attached hydrogens (tertiary/aromatic N) is 3. The van der Waals surface area contributed by atoms with E-state index in [0.29, 0.717) is 0 Å². The maximum atomic E-state index is 12.2. The Bertz CT molecular complexity index is 1010. The fourth-order valence-corrected chi connectivity index (χ4v) is 4.17. The molecule has 0 radical (unpaired) electrons. The van der Waals surface area contributed by atoms with Gasteiger partial charge in [-0.05, 0) is 0 Å². The van der Waals surface area contributed by atoms with Gasteiger partial charge < -0.3 is 51.0 Å². The van der Waals surface area contributed by atoms with Crippen molar-refractivity contribution < 1.29 is 45.2 Å². The summed E-state index contributed by atoms with van der Waals surface area (Å²) in [6, 6.07) is 0. The maximum Gasteiger partial charge on any atom is 0.280 e. The molecule has 2 aliphatic rings. The molecule has 2 saturated heterocycles. The van der Waals surface area contributed by atoms with E-state index in [-0.39, 0.29) is 17.1 Å². The number of hydrogen-bond acceptors (Lipinski definition) is 13. The Hall–Kier alpha value is -2.21. The van der Waals surface area contributed by atoms with Crippen LogP contribution in [0.5, 0.6) is 0 Å². The monoisotopic (exact) mass is 445 g/mol. The second-order valence-corrected chi connectivity index (χ2v) is 7.51. The summed E-state index contributed by atoms with van der Waals surface area (Å²) in [5.74, 6) is -0.310. The molecular weight excluding hydrogens is 422 g/mol. The minimum atomic E-state index is -2.30. The molecule has 0 unspecified atom stereocenters. The average molecular weight is 445 g/mol. The molecule has 4 rings (SSSR count). The van der Waals surface area contributed by atoms with Crippen molar-refractivity contribution in [2.24, 2.45) is 0 Å². The number of aliphatic hydroxyl groups excluding tert-OH is 7. The quantitative estimate of drug-likeness (QED) is 0.213. The largest absolute Gasteiger partial charge is 0.394 e. The Morgan fingerprint density at radius 1 is 1.06 bits per heavy atom. The first-order valence-corrected chi connectivity index (χ1v) is 9.36. The van der Waals surface area contributed by atoms with Gasteiger partial charge in [0, 0.05) is 0 Å². The molecule has 31 heavy (non-hydrogen) atoms. The lowest BCUT2D eigenvalue weighted by Gasteiger charge is -2.48. The van der Waals surface area contributed by atoms with Crippen LogP contribution in [-0.2, 0) is 15.2 Å². The van der Waals surface area contributed by atoms with Crippen LogP contribution in [0.3, 0.4) is 0 Å². The van der Waals surface area contributed by atoms with Crippen LogP contribution in [0.2, 0.25) is 0 Å². The van der Waals surface area contributed by atoms with Gasteiger partial charge in [-0.1, -0.05) is 0 Å². The molecule has 0 aliphatic carbocycles. The maximum absolute atomic E-state index is 12.2. The van der Waals surface area contributed by atoms with Crippen LogP contribution < -0.4 is 11.3 Å². The zero-order valence-electron chi connectivity index (χ0n) is 15.9. The van der Waals surface area contributed by atoms with Gasteiger partial charge in [0.05, 0.1) is 19.5 Å². The van der Waals surface area contributed by atoms with Crippen molar-refractivity contribution in [2.75, 3.05) is 18.9 Å². The van der Waals surface area contributed by atoms with Crippen molar-refractivity contribution in [3.8, 4) is 0 Å². The molecule has 0 saturated carbocycles. The third-order valence-electron chi connectivity index (χ3n) is 5.75. The zero-order chi connectivity index (χ0) is 22.7. The predicted molar refractivity (Wildman–Crippen MR) is 98.3 cm³/mol. The number of ether oxygens (including phenoxy) is 2. The molecule has 2 aliphatic heterocycles. The van der Waals surface area contributed by atoms with Gasteiger partial charge in [-0.25, -0.2) is 4.98 Å². The summed E-state index contributed by atoms with van der Waals surface area (Å²) in [5.41, 5.74) is 2.14. The lowest BCUT2D eigenvalue weighted by Crippen LogP contribution is -2.68.